The first-order valence-electron chi connectivity index (χ1n) is 8.53. The molecule has 1 N–H and O–H groups in total. The van der Waals surface area contributed by atoms with Gasteiger partial charge in [-0.2, -0.15) is 0 Å². The van der Waals surface area contributed by atoms with Gasteiger partial charge >= 0.3 is 0 Å². The van der Waals surface area contributed by atoms with Crippen LogP contribution in [0.15, 0.2) is 70.0 Å². The zero-order valence-corrected chi connectivity index (χ0v) is 17.5. The fraction of sp³-hybridized carbons (Fsp3) is 0.211. The van der Waals surface area contributed by atoms with Gasteiger partial charge in [0, 0.05) is 34.7 Å². The number of halogens is 1. The van der Waals surface area contributed by atoms with Crippen LogP contribution in [-0.4, -0.2) is 32.1 Å². The summed E-state index contributed by atoms with van der Waals surface area (Å²) in [5, 5.41) is 0.553. The minimum absolute atomic E-state index is 0.0953. The fourth-order valence-corrected chi connectivity index (χ4v) is 6.22. The molecule has 0 fully saturated rings. The summed E-state index contributed by atoms with van der Waals surface area (Å²) in [6.45, 7) is 3.41. The molecule has 0 saturated carbocycles. The van der Waals surface area contributed by atoms with E-state index in [2.05, 4.69) is 30.9 Å². The van der Waals surface area contributed by atoms with E-state index >= 15 is 0 Å². The topological polar surface area (TPSA) is 97.7 Å². The van der Waals surface area contributed by atoms with Crippen molar-refractivity contribution in [3.63, 3.8) is 0 Å². The molecule has 3 aromatic rings. The molecule has 0 bridgehead atoms. The second-order valence-electron chi connectivity index (χ2n) is 6.80. The molecule has 2 atom stereocenters. The molecule has 28 heavy (non-hydrogen) atoms. The number of aromatic nitrogens is 4. The number of fused-ring (bicyclic) bond motifs is 1. The number of nitrogens with one attached hydrogen (secondary N) is 1. The Morgan fingerprint density at radius 1 is 1.25 bits per heavy atom. The normalized spacial score (nSPS) is 22.8. The van der Waals surface area contributed by atoms with E-state index in [4.69, 9.17) is 0 Å². The zero-order valence-electron chi connectivity index (χ0n) is 15.1. The van der Waals surface area contributed by atoms with E-state index in [1.54, 1.807) is 56.6 Å². The fourth-order valence-electron chi connectivity index (χ4n) is 3.59. The van der Waals surface area contributed by atoms with Crippen molar-refractivity contribution in [2.45, 2.75) is 24.5 Å². The third-order valence-electron chi connectivity index (χ3n) is 5.29. The lowest BCUT2D eigenvalue weighted by atomic mass is 9.82. The molecule has 2 unspecified atom stereocenters. The Balaban J connectivity index is 2.01. The highest BCUT2D eigenvalue weighted by atomic mass is 79.9. The monoisotopic (exact) mass is 460 g/mol. The van der Waals surface area contributed by atoms with E-state index in [1.165, 1.54) is 12.4 Å². The van der Waals surface area contributed by atoms with Gasteiger partial charge < -0.3 is 4.98 Å². The summed E-state index contributed by atoms with van der Waals surface area (Å²) in [6, 6.07) is 4.97. The van der Waals surface area contributed by atoms with Crippen LogP contribution in [0.1, 0.15) is 25.6 Å². The summed E-state index contributed by atoms with van der Waals surface area (Å²) >= 11 is 3.46. The molecule has 3 heterocycles. The number of nitrogens with zero attached hydrogens (tertiary/aromatic N) is 3. The Morgan fingerprint density at radius 3 is 2.68 bits per heavy atom. The molecule has 9 heteroatoms. The van der Waals surface area contributed by atoms with Crippen LogP contribution in [0.2, 0.25) is 0 Å². The molecule has 7 nitrogen and oxygen atoms in total. The van der Waals surface area contributed by atoms with Crippen LogP contribution >= 0.6 is 15.9 Å². The van der Waals surface area contributed by atoms with E-state index in [-0.39, 0.29) is 5.52 Å². The van der Waals surface area contributed by atoms with Gasteiger partial charge in [0.15, 0.2) is 0 Å². The molecule has 0 aromatic carbocycles. The van der Waals surface area contributed by atoms with Gasteiger partial charge in [-0.15, -0.1) is 0 Å². The minimum Gasteiger partial charge on any atom is -0.327 e. The maximum Gasteiger partial charge on any atom is 0.273 e. The molecule has 144 valence electrons. The molecule has 1 aliphatic rings. The Morgan fingerprint density at radius 2 is 1.96 bits per heavy atom. The van der Waals surface area contributed by atoms with Crippen molar-refractivity contribution >= 4 is 36.9 Å². The Hall–Kier alpha value is -2.52. The molecule has 0 aliphatic heterocycles. The lowest BCUT2D eigenvalue weighted by Crippen LogP contribution is -2.47. The van der Waals surface area contributed by atoms with Crippen LogP contribution in [0.5, 0.6) is 0 Å². The Bertz CT molecular complexity index is 1290. The van der Waals surface area contributed by atoms with Crippen molar-refractivity contribution < 1.29 is 8.42 Å². The van der Waals surface area contributed by atoms with Crippen LogP contribution in [0.4, 0.5) is 0 Å². The van der Waals surface area contributed by atoms with E-state index in [0.29, 0.717) is 16.8 Å². The number of hydrogen-bond donors (Lipinski definition) is 1. The summed E-state index contributed by atoms with van der Waals surface area (Å²) < 4.78 is 28.2. The molecule has 0 spiro atoms. The number of rotatable bonds is 3. The molecule has 0 saturated heterocycles. The molecule has 1 aliphatic carbocycles. The first-order valence-corrected chi connectivity index (χ1v) is 10.8. The van der Waals surface area contributed by atoms with Gasteiger partial charge in [0.25, 0.3) is 5.56 Å². The second kappa shape index (κ2) is 6.52. The van der Waals surface area contributed by atoms with Gasteiger partial charge in [-0.25, -0.2) is 22.4 Å². The van der Waals surface area contributed by atoms with Crippen molar-refractivity contribution in [2.75, 3.05) is 0 Å². The Kier molecular flexibility index (Phi) is 4.39. The number of H-pyrrole nitrogens is 1. The largest absolute Gasteiger partial charge is 0.327 e. The lowest BCUT2D eigenvalue weighted by Gasteiger charge is -2.38. The highest BCUT2D eigenvalue weighted by Crippen LogP contribution is 2.46. The lowest BCUT2D eigenvalue weighted by molar-refractivity contribution is 0.515. The summed E-state index contributed by atoms with van der Waals surface area (Å²) in [4.78, 5) is 23.5. The van der Waals surface area contributed by atoms with Crippen molar-refractivity contribution in [2.24, 2.45) is 0 Å². The quantitative estimate of drug-likeness (QED) is 0.647. The number of aromatic amines is 1. The van der Waals surface area contributed by atoms with E-state index < -0.39 is 26.2 Å². The van der Waals surface area contributed by atoms with Crippen LogP contribution in [0.3, 0.4) is 0 Å². The number of pyridine rings is 1. The van der Waals surface area contributed by atoms with Crippen LogP contribution in [0.25, 0.3) is 10.9 Å². The van der Waals surface area contributed by atoms with Gasteiger partial charge in [0.05, 0.1) is 5.92 Å². The summed E-state index contributed by atoms with van der Waals surface area (Å²) in [5.74, 6) is -0.248. The Labute approximate surface area is 170 Å². The maximum absolute atomic E-state index is 13.9. The summed E-state index contributed by atoms with van der Waals surface area (Å²) in [5.41, 5.74) is 0.253. The van der Waals surface area contributed by atoms with Gasteiger partial charge in [-0.1, -0.05) is 22.0 Å². The summed E-state index contributed by atoms with van der Waals surface area (Å²) in [6.07, 6.45) is 9.64. The predicted molar refractivity (Wildman–Crippen MR) is 111 cm³/mol. The SMILES string of the molecule is CC1=CC(Br)=CC(c2ncccn2)C1(C)S(=O)(=O)n1ccc2cc[nH]c(=O)c21. The smallest absolute Gasteiger partial charge is 0.273 e. The molecule has 0 radical (unpaired) electrons. The first-order chi connectivity index (χ1) is 13.3. The second-order valence-corrected chi connectivity index (χ2v) is 9.91. The van der Waals surface area contributed by atoms with Crippen molar-refractivity contribution in [1.29, 1.82) is 0 Å². The van der Waals surface area contributed by atoms with Crippen molar-refractivity contribution in [3.8, 4) is 0 Å². The highest BCUT2D eigenvalue weighted by molar-refractivity contribution is 9.11. The van der Waals surface area contributed by atoms with Crippen molar-refractivity contribution in [1.82, 2.24) is 18.9 Å². The number of allylic oxidation sites excluding steroid dienone is 3. The minimum atomic E-state index is -4.05. The summed E-state index contributed by atoms with van der Waals surface area (Å²) in [7, 11) is -4.05. The van der Waals surface area contributed by atoms with Gasteiger partial charge in [-0.05, 0) is 43.7 Å². The third-order valence-corrected chi connectivity index (χ3v) is 8.25. The van der Waals surface area contributed by atoms with Gasteiger partial charge in [0.1, 0.15) is 16.1 Å². The highest BCUT2D eigenvalue weighted by Gasteiger charge is 2.51. The van der Waals surface area contributed by atoms with Gasteiger partial charge in [-0.3, -0.25) is 4.79 Å². The van der Waals surface area contributed by atoms with Crippen LogP contribution in [0, 0.1) is 0 Å². The molecule has 0 amide bonds. The molecule has 4 rings (SSSR count). The maximum atomic E-state index is 13.9. The van der Waals surface area contributed by atoms with E-state index in [0.717, 1.165) is 8.45 Å². The van der Waals surface area contributed by atoms with Crippen LogP contribution < -0.4 is 5.56 Å². The average Bonchev–Trinajstić information content (AvgIpc) is 3.11. The number of hydrogen-bond acceptors (Lipinski definition) is 5. The standard InChI is InChI=1S/C19H17BrN4O3S/c1-12-10-14(20)11-15(17-21-6-3-7-22-17)19(12,2)28(26,27)24-9-5-13-4-8-23-18(25)16(13)24/h3-11,15H,1-2H3,(H,23,25). The zero-order chi connectivity index (χ0) is 20.1. The molecular weight excluding hydrogens is 444 g/mol. The predicted octanol–water partition coefficient (Wildman–Crippen LogP) is 3.08. The third kappa shape index (κ3) is 2.61. The first kappa shape index (κ1) is 18.8. The average molecular weight is 461 g/mol. The van der Waals surface area contributed by atoms with E-state index in [1.807, 2.05) is 0 Å². The van der Waals surface area contributed by atoms with Crippen LogP contribution in [-0.2, 0) is 10.0 Å². The van der Waals surface area contributed by atoms with Crippen molar-refractivity contribution in [3.05, 3.63) is 81.4 Å². The molecular formula is C19H17BrN4O3S. The van der Waals surface area contributed by atoms with Gasteiger partial charge in [0.2, 0.25) is 10.0 Å². The van der Waals surface area contributed by atoms with E-state index in [9.17, 15) is 13.2 Å². The molecule has 3 aromatic heterocycles.